The molecule has 2 rings (SSSR count). The van der Waals surface area contributed by atoms with Gasteiger partial charge in [-0.05, 0) is 30.5 Å². The lowest BCUT2D eigenvalue weighted by atomic mass is 10.1. The first-order valence-corrected chi connectivity index (χ1v) is 5.36. The highest BCUT2D eigenvalue weighted by molar-refractivity contribution is 5.93. The number of benzene rings is 1. The van der Waals surface area contributed by atoms with E-state index in [2.05, 4.69) is 10.3 Å². The molecular formula is C12H11FN2O3. The zero-order chi connectivity index (χ0) is 13.3. The SMILES string of the molecule is CCNc1cc2cc(C(=O)O)[nH]c(=O)c2cc1F. The monoisotopic (exact) mass is 250 g/mol. The van der Waals surface area contributed by atoms with Crippen LogP contribution in [0, 0.1) is 5.82 Å². The molecule has 0 unspecified atom stereocenters. The van der Waals surface area contributed by atoms with Gasteiger partial charge < -0.3 is 15.4 Å². The first kappa shape index (κ1) is 12.1. The molecule has 0 aliphatic heterocycles. The minimum Gasteiger partial charge on any atom is -0.477 e. The van der Waals surface area contributed by atoms with Gasteiger partial charge in [-0.1, -0.05) is 0 Å². The zero-order valence-corrected chi connectivity index (χ0v) is 9.58. The third kappa shape index (κ3) is 2.04. The van der Waals surface area contributed by atoms with Crippen LogP contribution in [-0.2, 0) is 0 Å². The van der Waals surface area contributed by atoms with Crippen LogP contribution in [0.15, 0.2) is 23.0 Å². The van der Waals surface area contributed by atoms with Crippen molar-refractivity contribution in [3.05, 3.63) is 40.1 Å². The number of H-pyrrole nitrogens is 1. The maximum atomic E-state index is 13.6. The summed E-state index contributed by atoms with van der Waals surface area (Å²) in [7, 11) is 0. The molecule has 3 N–H and O–H groups in total. The molecule has 94 valence electrons. The molecule has 18 heavy (non-hydrogen) atoms. The average molecular weight is 250 g/mol. The van der Waals surface area contributed by atoms with Crippen LogP contribution in [0.2, 0.25) is 0 Å². The Morgan fingerprint density at radius 3 is 2.78 bits per heavy atom. The lowest BCUT2D eigenvalue weighted by Crippen LogP contribution is -2.13. The van der Waals surface area contributed by atoms with Crippen molar-refractivity contribution in [1.29, 1.82) is 0 Å². The van der Waals surface area contributed by atoms with Crippen LogP contribution in [-0.4, -0.2) is 22.6 Å². The minimum atomic E-state index is -1.23. The summed E-state index contributed by atoms with van der Waals surface area (Å²) in [6, 6.07) is 3.83. The van der Waals surface area contributed by atoms with E-state index < -0.39 is 17.3 Å². The van der Waals surface area contributed by atoms with Crippen LogP contribution in [0.3, 0.4) is 0 Å². The second kappa shape index (κ2) is 4.48. The first-order chi connectivity index (χ1) is 8.52. The number of pyridine rings is 1. The molecule has 6 heteroatoms. The Morgan fingerprint density at radius 1 is 1.44 bits per heavy atom. The standard InChI is InChI=1S/C12H11FN2O3/c1-2-14-9-3-6-4-10(12(17)18)15-11(16)7(6)5-8(9)13/h3-5,14H,2H2,1H3,(H,15,16)(H,17,18). The van der Waals surface area contributed by atoms with E-state index in [0.717, 1.165) is 6.07 Å². The number of fused-ring (bicyclic) bond motifs is 1. The summed E-state index contributed by atoms with van der Waals surface area (Å²) in [6.07, 6.45) is 0. The second-order valence-corrected chi connectivity index (χ2v) is 3.77. The van der Waals surface area contributed by atoms with Gasteiger partial charge >= 0.3 is 5.97 Å². The summed E-state index contributed by atoms with van der Waals surface area (Å²) >= 11 is 0. The molecule has 5 nitrogen and oxygen atoms in total. The lowest BCUT2D eigenvalue weighted by molar-refractivity contribution is 0.0690. The van der Waals surface area contributed by atoms with Crippen molar-refractivity contribution in [1.82, 2.24) is 4.98 Å². The van der Waals surface area contributed by atoms with E-state index in [1.54, 1.807) is 0 Å². The molecular weight excluding hydrogens is 239 g/mol. The van der Waals surface area contributed by atoms with Gasteiger partial charge in [-0.15, -0.1) is 0 Å². The fourth-order valence-corrected chi connectivity index (χ4v) is 1.73. The Balaban J connectivity index is 2.74. The summed E-state index contributed by atoms with van der Waals surface area (Å²) in [5.41, 5.74) is -0.597. The number of carboxylic acid groups (broad SMARTS) is 1. The largest absolute Gasteiger partial charge is 0.477 e. The highest BCUT2D eigenvalue weighted by atomic mass is 19.1. The van der Waals surface area contributed by atoms with Gasteiger partial charge in [-0.3, -0.25) is 4.79 Å². The van der Waals surface area contributed by atoms with Crippen LogP contribution < -0.4 is 10.9 Å². The maximum absolute atomic E-state index is 13.6. The van der Waals surface area contributed by atoms with E-state index >= 15 is 0 Å². The molecule has 0 atom stereocenters. The molecule has 2 aromatic rings. The number of nitrogens with one attached hydrogen (secondary N) is 2. The smallest absolute Gasteiger partial charge is 0.352 e. The molecule has 1 heterocycles. The Hall–Kier alpha value is -2.37. The Morgan fingerprint density at radius 2 is 2.17 bits per heavy atom. The molecule has 0 saturated carbocycles. The predicted molar refractivity (Wildman–Crippen MR) is 65.6 cm³/mol. The van der Waals surface area contributed by atoms with Gasteiger partial charge in [-0.25, -0.2) is 9.18 Å². The molecule has 0 aliphatic rings. The molecule has 0 spiro atoms. The van der Waals surface area contributed by atoms with Crippen molar-refractivity contribution in [3.8, 4) is 0 Å². The normalized spacial score (nSPS) is 10.6. The number of aromatic nitrogens is 1. The third-order valence-corrected chi connectivity index (χ3v) is 2.53. The van der Waals surface area contributed by atoms with Crippen LogP contribution >= 0.6 is 0 Å². The number of rotatable bonds is 3. The zero-order valence-electron chi connectivity index (χ0n) is 9.58. The fraction of sp³-hybridized carbons (Fsp3) is 0.167. The lowest BCUT2D eigenvalue weighted by Gasteiger charge is -2.07. The van der Waals surface area contributed by atoms with E-state index in [-0.39, 0.29) is 16.8 Å². The summed E-state index contributed by atoms with van der Waals surface area (Å²) in [5.74, 6) is -1.78. The maximum Gasteiger partial charge on any atom is 0.352 e. The number of halogens is 1. The summed E-state index contributed by atoms with van der Waals surface area (Å²) in [5, 5.41) is 12.1. The van der Waals surface area contributed by atoms with Gasteiger partial charge in [0.05, 0.1) is 11.1 Å². The minimum absolute atomic E-state index is 0.124. The number of carbonyl (C=O) groups is 1. The predicted octanol–water partition coefficient (Wildman–Crippen LogP) is 1.80. The van der Waals surface area contributed by atoms with Gasteiger partial charge in [0.15, 0.2) is 0 Å². The fourth-order valence-electron chi connectivity index (χ4n) is 1.73. The number of aromatic amines is 1. The van der Waals surface area contributed by atoms with Gasteiger partial charge in [-0.2, -0.15) is 0 Å². The van der Waals surface area contributed by atoms with Crippen LogP contribution in [0.5, 0.6) is 0 Å². The first-order valence-electron chi connectivity index (χ1n) is 5.36. The van der Waals surface area contributed by atoms with Crippen molar-refractivity contribution in [2.45, 2.75) is 6.92 Å². The molecule has 0 amide bonds. The molecule has 1 aromatic carbocycles. The molecule has 0 saturated heterocycles. The third-order valence-electron chi connectivity index (χ3n) is 2.53. The van der Waals surface area contributed by atoms with Gasteiger partial charge in [0.2, 0.25) is 0 Å². The van der Waals surface area contributed by atoms with Crippen molar-refractivity contribution >= 4 is 22.4 Å². The van der Waals surface area contributed by atoms with Crippen LogP contribution in [0.4, 0.5) is 10.1 Å². The van der Waals surface area contributed by atoms with E-state index in [9.17, 15) is 14.0 Å². The van der Waals surface area contributed by atoms with Crippen molar-refractivity contribution in [2.75, 3.05) is 11.9 Å². The number of hydrogen-bond acceptors (Lipinski definition) is 3. The van der Waals surface area contributed by atoms with Gasteiger partial charge in [0.25, 0.3) is 5.56 Å². The number of hydrogen-bond donors (Lipinski definition) is 3. The van der Waals surface area contributed by atoms with E-state index in [0.29, 0.717) is 11.9 Å². The average Bonchev–Trinajstić information content (AvgIpc) is 2.31. The summed E-state index contributed by atoms with van der Waals surface area (Å²) in [6.45, 7) is 2.33. The number of anilines is 1. The molecule has 1 aromatic heterocycles. The van der Waals surface area contributed by atoms with E-state index in [1.807, 2.05) is 6.92 Å². The Bertz CT molecular complexity index is 679. The second-order valence-electron chi connectivity index (χ2n) is 3.77. The molecule has 0 radical (unpaired) electrons. The van der Waals surface area contributed by atoms with Crippen LogP contribution in [0.1, 0.15) is 17.4 Å². The van der Waals surface area contributed by atoms with Crippen molar-refractivity contribution < 1.29 is 14.3 Å². The quantitative estimate of drug-likeness (QED) is 0.775. The van der Waals surface area contributed by atoms with E-state index in [4.69, 9.17) is 5.11 Å². The number of aromatic carboxylic acids is 1. The summed E-state index contributed by atoms with van der Waals surface area (Å²) < 4.78 is 13.6. The Labute approximate surface area is 101 Å². The van der Waals surface area contributed by atoms with Gasteiger partial charge in [0.1, 0.15) is 11.5 Å². The Kier molecular flexibility index (Phi) is 3.01. The van der Waals surface area contributed by atoms with E-state index in [1.165, 1.54) is 12.1 Å². The molecule has 0 bridgehead atoms. The summed E-state index contributed by atoms with van der Waals surface area (Å²) in [4.78, 5) is 24.6. The highest BCUT2D eigenvalue weighted by Gasteiger charge is 2.11. The number of carboxylic acids is 1. The van der Waals surface area contributed by atoms with Crippen molar-refractivity contribution in [3.63, 3.8) is 0 Å². The van der Waals surface area contributed by atoms with Crippen LogP contribution in [0.25, 0.3) is 10.8 Å². The van der Waals surface area contributed by atoms with Crippen molar-refractivity contribution in [2.24, 2.45) is 0 Å². The highest BCUT2D eigenvalue weighted by Crippen LogP contribution is 2.21. The topological polar surface area (TPSA) is 82.2 Å². The van der Waals surface area contributed by atoms with Gasteiger partial charge in [0, 0.05) is 6.54 Å². The molecule has 0 fully saturated rings. The molecule has 0 aliphatic carbocycles.